The van der Waals surface area contributed by atoms with Gasteiger partial charge in [0.2, 0.25) is 5.91 Å². The predicted molar refractivity (Wildman–Crippen MR) is 85.9 cm³/mol. The Bertz CT molecular complexity index is 554. The van der Waals surface area contributed by atoms with Gasteiger partial charge in [0.15, 0.2) is 11.5 Å². The maximum atomic E-state index is 12.6. The van der Waals surface area contributed by atoms with Crippen LogP contribution in [0.15, 0.2) is 18.2 Å². The van der Waals surface area contributed by atoms with Gasteiger partial charge in [-0.1, -0.05) is 25.1 Å². The van der Waals surface area contributed by atoms with E-state index in [-0.39, 0.29) is 10.9 Å². The van der Waals surface area contributed by atoms with Gasteiger partial charge in [-0.2, -0.15) is 0 Å². The summed E-state index contributed by atoms with van der Waals surface area (Å²) in [5.74, 6) is 1.03. The molecule has 0 radical (unpaired) electrons. The molecule has 1 saturated carbocycles. The molecule has 21 heavy (non-hydrogen) atoms. The lowest BCUT2D eigenvalue weighted by molar-refractivity contribution is -0.122. The molecule has 0 atom stereocenters. The Morgan fingerprint density at radius 3 is 2.38 bits per heavy atom. The summed E-state index contributed by atoms with van der Waals surface area (Å²) in [5.41, 5.74) is 5.73. The average Bonchev–Trinajstić information content (AvgIpc) is 2.98. The molecule has 3 N–H and O–H groups in total. The van der Waals surface area contributed by atoms with E-state index in [1.807, 2.05) is 0 Å². The zero-order valence-electron chi connectivity index (χ0n) is 12.3. The third kappa shape index (κ3) is 2.95. The number of benzene rings is 1. The van der Waals surface area contributed by atoms with Crippen LogP contribution in [0.25, 0.3) is 0 Å². The van der Waals surface area contributed by atoms with E-state index in [1.165, 1.54) is 0 Å². The number of carbonyl (C=O) groups excluding carboxylic acids is 1. The van der Waals surface area contributed by atoms with E-state index in [4.69, 9.17) is 27.4 Å². The van der Waals surface area contributed by atoms with Gasteiger partial charge in [-0.25, -0.2) is 0 Å². The van der Waals surface area contributed by atoms with Gasteiger partial charge >= 0.3 is 0 Å². The van der Waals surface area contributed by atoms with Crippen LogP contribution in [0.4, 0.5) is 5.69 Å². The summed E-state index contributed by atoms with van der Waals surface area (Å²) in [7, 11) is 3.12. The molecule has 1 aliphatic carbocycles. The number of ether oxygens (including phenoxy) is 2. The van der Waals surface area contributed by atoms with E-state index in [2.05, 4.69) is 5.32 Å². The smallest absolute Gasteiger partial charge is 0.237 e. The fourth-order valence-corrected chi connectivity index (χ4v) is 3.03. The topological polar surface area (TPSA) is 73.6 Å². The molecule has 0 unspecified atom stereocenters. The monoisotopic (exact) mass is 308 g/mol. The van der Waals surface area contributed by atoms with Crippen molar-refractivity contribution in [3.63, 3.8) is 0 Å². The molecule has 1 fully saturated rings. The molecule has 0 heterocycles. The van der Waals surface area contributed by atoms with Crippen LogP contribution in [0, 0.1) is 5.41 Å². The number of rotatable bonds is 5. The van der Waals surface area contributed by atoms with Crippen LogP contribution in [-0.4, -0.2) is 25.1 Å². The van der Waals surface area contributed by atoms with Crippen molar-refractivity contribution in [2.75, 3.05) is 19.5 Å². The zero-order valence-corrected chi connectivity index (χ0v) is 13.1. The summed E-state index contributed by atoms with van der Waals surface area (Å²) >= 11 is 5.12. The molecule has 6 heteroatoms. The Morgan fingerprint density at radius 2 is 1.86 bits per heavy atom. The Kier molecular flexibility index (Phi) is 4.67. The quantitative estimate of drug-likeness (QED) is 0.818. The second kappa shape index (κ2) is 6.30. The molecule has 2 rings (SSSR count). The molecule has 0 bridgehead atoms. The first-order valence-corrected chi connectivity index (χ1v) is 7.28. The van der Waals surface area contributed by atoms with Gasteiger partial charge in [0, 0.05) is 11.8 Å². The molecule has 114 valence electrons. The van der Waals surface area contributed by atoms with Crippen molar-refractivity contribution >= 4 is 28.8 Å². The molecular weight excluding hydrogens is 288 g/mol. The molecule has 0 spiro atoms. The number of hydrogen-bond acceptors (Lipinski definition) is 4. The van der Waals surface area contributed by atoms with Gasteiger partial charge in [0.05, 0.1) is 24.6 Å². The minimum atomic E-state index is -0.720. The first-order chi connectivity index (χ1) is 10.0. The van der Waals surface area contributed by atoms with E-state index in [1.54, 1.807) is 32.4 Å². The number of anilines is 1. The van der Waals surface area contributed by atoms with E-state index in [9.17, 15) is 4.79 Å². The van der Waals surface area contributed by atoms with Gasteiger partial charge in [-0.3, -0.25) is 4.79 Å². The number of hydrogen-bond donors (Lipinski definition) is 2. The molecule has 1 aromatic rings. The highest BCUT2D eigenvalue weighted by molar-refractivity contribution is 7.80. The first kappa shape index (κ1) is 15.6. The SMILES string of the molecule is COc1ccc(NC(=O)C2(C(N)=S)CCCC2)cc1OC. The van der Waals surface area contributed by atoms with Gasteiger partial charge in [-0.05, 0) is 25.0 Å². The summed E-state index contributed by atoms with van der Waals surface area (Å²) < 4.78 is 10.4. The van der Waals surface area contributed by atoms with Crippen LogP contribution in [0.2, 0.25) is 0 Å². The zero-order chi connectivity index (χ0) is 15.5. The lowest BCUT2D eigenvalue weighted by Gasteiger charge is -2.26. The van der Waals surface area contributed by atoms with E-state index in [0.29, 0.717) is 30.0 Å². The molecule has 0 aliphatic heterocycles. The molecule has 1 aliphatic rings. The summed E-state index contributed by atoms with van der Waals surface area (Å²) in [6, 6.07) is 5.23. The maximum Gasteiger partial charge on any atom is 0.237 e. The molecule has 1 amide bonds. The van der Waals surface area contributed by atoms with Gasteiger partial charge in [-0.15, -0.1) is 0 Å². The first-order valence-electron chi connectivity index (χ1n) is 6.87. The fraction of sp³-hybridized carbons (Fsp3) is 0.467. The second-order valence-electron chi connectivity index (χ2n) is 5.18. The van der Waals surface area contributed by atoms with Crippen molar-refractivity contribution in [2.45, 2.75) is 25.7 Å². The summed E-state index contributed by atoms with van der Waals surface area (Å²) in [6.45, 7) is 0. The van der Waals surface area contributed by atoms with Gasteiger partial charge < -0.3 is 20.5 Å². The van der Waals surface area contributed by atoms with Crippen molar-refractivity contribution in [2.24, 2.45) is 11.1 Å². The van der Waals surface area contributed by atoms with Crippen molar-refractivity contribution in [1.29, 1.82) is 0 Å². The minimum absolute atomic E-state index is 0.139. The summed E-state index contributed by atoms with van der Waals surface area (Å²) in [5, 5.41) is 2.89. The molecule has 1 aromatic carbocycles. The lowest BCUT2D eigenvalue weighted by Crippen LogP contribution is -2.43. The highest BCUT2D eigenvalue weighted by atomic mass is 32.1. The number of methoxy groups -OCH3 is 2. The highest BCUT2D eigenvalue weighted by Gasteiger charge is 2.43. The van der Waals surface area contributed by atoms with E-state index in [0.717, 1.165) is 12.8 Å². The van der Waals surface area contributed by atoms with Crippen LogP contribution in [-0.2, 0) is 4.79 Å². The minimum Gasteiger partial charge on any atom is -0.493 e. The summed E-state index contributed by atoms with van der Waals surface area (Å²) in [4.78, 5) is 12.9. The Labute approximate surface area is 129 Å². The van der Waals surface area contributed by atoms with Gasteiger partial charge in [0.25, 0.3) is 0 Å². The molecular formula is C15H20N2O3S. The number of thiocarbonyl (C=S) groups is 1. The maximum absolute atomic E-state index is 12.6. The van der Waals surface area contributed by atoms with Crippen LogP contribution < -0.4 is 20.5 Å². The lowest BCUT2D eigenvalue weighted by atomic mass is 9.85. The molecule has 5 nitrogen and oxygen atoms in total. The number of amides is 1. The van der Waals surface area contributed by atoms with E-state index >= 15 is 0 Å². The van der Waals surface area contributed by atoms with Crippen LogP contribution >= 0.6 is 12.2 Å². The largest absolute Gasteiger partial charge is 0.493 e. The van der Waals surface area contributed by atoms with Crippen molar-refractivity contribution in [1.82, 2.24) is 0 Å². The Hall–Kier alpha value is -1.82. The summed E-state index contributed by atoms with van der Waals surface area (Å²) in [6.07, 6.45) is 3.36. The third-order valence-electron chi connectivity index (χ3n) is 4.00. The van der Waals surface area contributed by atoms with E-state index < -0.39 is 5.41 Å². The van der Waals surface area contributed by atoms with Crippen molar-refractivity contribution < 1.29 is 14.3 Å². The number of nitrogens with two attached hydrogens (primary N) is 1. The standard InChI is InChI=1S/C15H20N2O3S/c1-19-11-6-5-10(9-12(11)20-2)17-14(18)15(13(16)21)7-3-4-8-15/h5-6,9H,3-4,7-8H2,1-2H3,(H2,16,21)(H,17,18). The van der Waals surface area contributed by atoms with Crippen LogP contribution in [0.5, 0.6) is 11.5 Å². The highest BCUT2D eigenvalue weighted by Crippen LogP contribution is 2.40. The van der Waals surface area contributed by atoms with Crippen LogP contribution in [0.3, 0.4) is 0 Å². The third-order valence-corrected chi connectivity index (χ3v) is 4.40. The van der Waals surface area contributed by atoms with Crippen molar-refractivity contribution in [3.8, 4) is 11.5 Å². The normalized spacial score (nSPS) is 16.3. The van der Waals surface area contributed by atoms with Crippen LogP contribution in [0.1, 0.15) is 25.7 Å². The second-order valence-corrected chi connectivity index (χ2v) is 5.62. The number of nitrogens with one attached hydrogen (secondary N) is 1. The Morgan fingerprint density at radius 1 is 1.24 bits per heavy atom. The predicted octanol–water partition coefficient (Wildman–Crippen LogP) is 2.49. The fourth-order valence-electron chi connectivity index (χ4n) is 2.73. The molecule has 0 saturated heterocycles. The number of carbonyl (C=O) groups is 1. The molecule has 0 aromatic heterocycles. The Balaban J connectivity index is 2.21. The average molecular weight is 308 g/mol. The van der Waals surface area contributed by atoms with Crippen molar-refractivity contribution in [3.05, 3.63) is 18.2 Å². The van der Waals surface area contributed by atoms with Gasteiger partial charge in [0.1, 0.15) is 0 Å².